The van der Waals surface area contributed by atoms with E-state index in [1.54, 1.807) is 16.5 Å². The first kappa shape index (κ1) is 17.2. The summed E-state index contributed by atoms with van der Waals surface area (Å²) in [7, 11) is 1.67. The molecule has 1 aliphatic heterocycles. The number of amides is 1. The molecule has 1 aliphatic rings. The molecule has 140 valence electrons. The summed E-state index contributed by atoms with van der Waals surface area (Å²) < 4.78 is 7.54. The van der Waals surface area contributed by atoms with Crippen LogP contribution in [0.4, 0.5) is 0 Å². The average Bonchev–Trinajstić information content (AvgIpc) is 3.32. The summed E-state index contributed by atoms with van der Waals surface area (Å²) in [5.41, 5.74) is 0.898. The molecule has 27 heavy (non-hydrogen) atoms. The number of hydrogen-bond donors (Lipinski definition) is 0. The van der Waals surface area contributed by atoms with E-state index in [-0.39, 0.29) is 17.3 Å². The third-order valence-corrected chi connectivity index (χ3v) is 4.96. The minimum atomic E-state index is -0.159. The van der Waals surface area contributed by atoms with Crippen molar-refractivity contribution in [2.45, 2.75) is 19.3 Å². The van der Waals surface area contributed by atoms with Crippen LogP contribution in [0.1, 0.15) is 29.2 Å². The highest BCUT2D eigenvalue weighted by Gasteiger charge is 2.27. The largest absolute Gasteiger partial charge is 0.350 e. The van der Waals surface area contributed by atoms with Crippen molar-refractivity contribution in [3.05, 3.63) is 58.5 Å². The molecule has 1 aromatic carbocycles. The van der Waals surface area contributed by atoms with Gasteiger partial charge in [0.05, 0.1) is 5.69 Å². The van der Waals surface area contributed by atoms with Gasteiger partial charge in [-0.25, -0.2) is 18.7 Å². The normalized spacial score (nSPS) is 15.2. The number of para-hydroxylation sites is 1. The quantitative estimate of drug-likeness (QED) is 0.682. The van der Waals surface area contributed by atoms with Crippen LogP contribution in [0.5, 0.6) is 0 Å². The van der Waals surface area contributed by atoms with Gasteiger partial charge in [0.2, 0.25) is 0 Å². The predicted molar refractivity (Wildman–Crippen MR) is 95.4 cm³/mol. The number of nitrogens with zero attached hydrogens (tertiary/aromatic N) is 6. The molecule has 0 saturated carbocycles. The molecule has 0 bridgehead atoms. The van der Waals surface area contributed by atoms with Crippen molar-refractivity contribution in [3.8, 4) is 5.69 Å². The van der Waals surface area contributed by atoms with Crippen molar-refractivity contribution >= 4 is 5.91 Å². The first-order chi connectivity index (χ1) is 13.1. The van der Waals surface area contributed by atoms with Crippen LogP contribution >= 0.6 is 0 Å². The molecule has 0 unspecified atom stereocenters. The summed E-state index contributed by atoms with van der Waals surface area (Å²) in [6.45, 7) is 1.28. The molecule has 1 amide bonds. The van der Waals surface area contributed by atoms with E-state index in [1.165, 1.54) is 10.9 Å². The maximum absolute atomic E-state index is 12.5. The van der Waals surface area contributed by atoms with E-state index in [9.17, 15) is 9.59 Å². The number of aryl methyl sites for hydroxylation is 1. The Balaban J connectivity index is 1.46. The highest BCUT2D eigenvalue weighted by atomic mass is 16.6. The first-order valence-corrected chi connectivity index (χ1v) is 8.90. The van der Waals surface area contributed by atoms with Crippen LogP contribution in [-0.4, -0.2) is 48.6 Å². The van der Waals surface area contributed by atoms with Gasteiger partial charge in [-0.2, -0.15) is 5.10 Å². The number of carbonyl (C=O) groups is 1. The van der Waals surface area contributed by atoms with Crippen LogP contribution in [-0.2, 0) is 13.5 Å². The summed E-state index contributed by atoms with van der Waals surface area (Å²) in [6, 6.07) is 9.53. The Morgan fingerprint density at radius 3 is 2.63 bits per heavy atom. The minimum absolute atomic E-state index is 0.151. The number of aromatic nitrogens is 5. The fourth-order valence-electron chi connectivity index (χ4n) is 3.50. The molecule has 9 nitrogen and oxygen atoms in total. The van der Waals surface area contributed by atoms with Crippen molar-refractivity contribution in [1.82, 2.24) is 29.6 Å². The van der Waals surface area contributed by atoms with E-state index in [2.05, 4.69) is 20.0 Å². The van der Waals surface area contributed by atoms with Crippen molar-refractivity contribution in [3.63, 3.8) is 0 Å². The molecule has 1 fully saturated rings. The van der Waals surface area contributed by atoms with E-state index in [0.29, 0.717) is 25.4 Å². The third kappa shape index (κ3) is 3.40. The summed E-state index contributed by atoms with van der Waals surface area (Å²) in [5.74, 6) is 0.946. The molecule has 0 N–H and O–H groups in total. The van der Waals surface area contributed by atoms with Gasteiger partial charge in [-0.05, 0) is 36.0 Å². The second-order valence-electron chi connectivity index (χ2n) is 6.73. The number of carbonyl (C=O) groups excluding carboxylic acids is 1. The van der Waals surface area contributed by atoms with Gasteiger partial charge in [0.1, 0.15) is 12.0 Å². The van der Waals surface area contributed by atoms with Crippen LogP contribution in [0.25, 0.3) is 5.69 Å². The zero-order chi connectivity index (χ0) is 18.8. The molecule has 0 aliphatic carbocycles. The summed E-state index contributed by atoms with van der Waals surface area (Å²) in [5, 5.41) is 11.5. The number of rotatable bonds is 4. The molecule has 1 saturated heterocycles. The van der Waals surface area contributed by atoms with E-state index >= 15 is 0 Å². The smallest absolute Gasteiger partial charge is 0.337 e. The molecule has 2 aromatic heterocycles. The Hall–Kier alpha value is -3.23. The average molecular weight is 368 g/mol. The molecule has 0 atom stereocenters. The molecule has 3 heterocycles. The maximum atomic E-state index is 12.5. The second-order valence-corrected chi connectivity index (χ2v) is 6.73. The maximum Gasteiger partial charge on any atom is 0.350 e. The predicted octanol–water partition coefficient (Wildman–Crippen LogP) is 1.05. The molecule has 3 aromatic rings. The monoisotopic (exact) mass is 368 g/mol. The van der Waals surface area contributed by atoms with Crippen LogP contribution in [0, 0.1) is 5.92 Å². The zero-order valence-corrected chi connectivity index (χ0v) is 15.0. The highest BCUT2D eigenvalue weighted by molar-refractivity contribution is 5.91. The molecule has 4 rings (SSSR count). The standard InChI is InChI=1S/C18H20N6O3/c1-22-18(26)24(14-5-3-2-4-6-14)16(20-22)11-13-7-9-23(10-8-13)17(25)15-12-19-27-21-15/h2-6,12-13H,7-11H2,1H3. The SMILES string of the molecule is Cn1nc(CC2CCN(C(=O)c3cnon3)CC2)n(-c2ccccc2)c1=O. The van der Waals surface area contributed by atoms with E-state index < -0.39 is 0 Å². The van der Waals surface area contributed by atoms with Gasteiger partial charge in [0.25, 0.3) is 5.91 Å². The lowest BCUT2D eigenvalue weighted by atomic mass is 9.93. The Morgan fingerprint density at radius 1 is 1.22 bits per heavy atom. The molecular formula is C18H20N6O3. The van der Waals surface area contributed by atoms with E-state index in [1.807, 2.05) is 30.3 Å². The molecule has 0 radical (unpaired) electrons. The molecular weight excluding hydrogens is 348 g/mol. The Labute approximate surface area is 155 Å². The second kappa shape index (κ2) is 7.18. The third-order valence-electron chi connectivity index (χ3n) is 4.96. The number of piperidine rings is 1. The van der Waals surface area contributed by atoms with Gasteiger partial charge in [0, 0.05) is 26.6 Å². The number of benzene rings is 1. The van der Waals surface area contributed by atoms with E-state index in [4.69, 9.17) is 0 Å². The van der Waals surface area contributed by atoms with Crippen LogP contribution in [0.2, 0.25) is 0 Å². The van der Waals surface area contributed by atoms with Crippen LogP contribution in [0.15, 0.2) is 46.0 Å². The lowest BCUT2D eigenvalue weighted by Gasteiger charge is -2.31. The summed E-state index contributed by atoms with van der Waals surface area (Å²) in [4.78, 5) is 26.6. The van der Waals surface area contributed by atoms with Gasteiger partial charge >= 0.3 is 5.69 Å². The van der Waals surface area contributed by atoms with Crippen molar-refractivity contribution in [2.24, 2.45) is 13.0 Å². The van der Waals surface area contributed by atoms with Gasteiger partial charge in [-0.1, -0.05) is 23.4 Å². The van der Waals surface area contributed by atoms with Gasteiger partial charge in [0.15, 0.2) is 5.69 Å². The number of likely N-dealkylation sites (tertiary alicyclic amines) is 1. The molecule has 0 spiro atoms. The lowest BCUT2D eigenvalue weighted by molar-refractivity contribution is 0.0678. The zero-order valence-electron chi connectivity index (χ0n) is 15.0. The van der Waals surface area contributed by atoms with E-state index in [0.717, 1.165) is 24.4 Å². The minimum Gasteiger partial charge on any atom is -0.337 e. The van der Waals surface area contributed by atoms with Gasteiger partial charge in [-0.3, -0.25) is 4.79 Å². The van der Waals surface area contributed by atoms with Crippen molar-refractivity contribution in [2.75, 3.05) is 13.1 Å². The van der Waals surface area contributed by atoms with Crippen molar-refractivity contribution < 1.29 is 9.42 Å². The van der Waals surface area contributed by atoms with Crippen LogP contribution in [0.3, 0.4) is 0 Å². The van der Waals surface area contributed by atoms with Crippen molar-refractivity contribution in [1.29, 1.82) is 0 Å². The number of hydrogen-bond acceptors (Lipinski definition) is 6. The van der Waals surface area contributed by atoms with Gasteiger partial charge in [-0.15, -0.1) is 0 Å². The lowest BCUT2D eigenvalue weighted by Crippen LogP contribution is -2.39. The Kier molecular flexibility index (Phi) is 4.57. The molecule has 9 heteroatoms. The fourth-order valence-corrected chi connectivity index (χ4v) is 3.50. The highest BCUT2D eigenvalue weighted by Crippen LogP contribution is 2.22. The Morgan fingerprint density at radius 2 is 1.96 bits per heavy atom. The van der Waals surface area contributed by atoms with Gasteiger partial charge < -0.3 is 4.90 Å². The fraction of sp³-hybridized carbons (Fsp3) is 0.389. The first-order valence-electron chi connectivity index (χ1n) is 8.90. The van der Waals surface area contributed by atoms with Crippen LogP contribution < -0.4 is 5.69 Å². The Bertz CT molecular complexity index is 968. The summed E-state index contributed by atoms with van der Waals surface area (Å²) >= 11 is 0. The topological polar surface area (TPSA) is 99.0 Å². The summed E-state index contributed by atoms with van der Waals surface area (Å²) in [6.07, 6.45) is 3.71.